The second-order valence-corrected chi connectivity index (χ2v) is 8.40. The van der Waals surface area contributed by atoms with E-state index in [1.165, 1.54) is 18.2 Å². The quantitative estimate of drug-likeness (QED) is 0.354. The van der Waals surface area contributed by atoms with Crippen molar-refractivity contribution in [2.75, 3.05) is 26.6 Å². The fraction of sp³-hybridized carbons (Fsp3) is 0.304. The molecule has 11 nitrogen and oxygen atoms in total. The van der Waals surface area contributed by atoms with Crippen molar-refractivity contribution >= 4 is 34.3 Å². The zero-order chi connectivity index (χ0) is 26.7. The number of carbonyl (C=O) groups excluding carboxylic acids is 2. The third kappa shape index (κ3) is 5.69. The standard InChI is InChI=1S/C23H21ClF2N4O7/c24-13-5-11(1-2-14(13)25)6-30-21(20(27)32)29-16-4-3-15(26)19(18(16)23(30)34)37-8-12-7-36-17(9-35-12)22(33)28-10-31/h1-5,12,17,31H,6-10H2,(H2,27,32)(H,28,33). The smallest absolute Gasteiger partial charge is 0.284 e. The number of nitrogens with two attached hydrogens (primary N) is 1. The molecule has 37 heavy (non-hydrogen) atoms. The van der Waals surface area contributed by atoms with E-state index in [1.807, 2.05) is 0 Å². The van der Waals surface area contributed by atoms with Crippen LogP contribution in [0.5, 0.6) is 5.75 Å². The molecule has 2 unspecified atom stereocenters. The number of ether oxygens (including phenoxy) is 3. The van der Waals surface area contributed by atoms with E-state index in [0.29, 0.717) is 5.56 Å². The lowest BCUT2D eigenvalue weighted by atomic mass is 10.2. The van der Waals surface area contributed by atoms with Crippen molar-refractivity contribution in [1.82, 2.24) is 14.9 Å². The van der Waals surface area contributed by atoms with Gasteiger partial charge in [0.1, 0.15) is 30.6 Å². The van der Waals surface area contributed by atoms with Crippen LogP contribution in [0.15, 0.2) is 35.1 Å². The predicted octanol–water partition coefficient (Wildman–Crippen LogP) is 0.704. The van der Waals surface area contributed by atoms with Gasteiger partial charge in [-0.3, -0.25) is 19.0 Å². The molecule has 2 heterocycles. The monoisotopic (exact) mass is 538 g/mol. The number of aliphatic hydroxyl groups is 1. The van der Waals surface area contributed by atoms with Crippen molar-refractivity contribution in [2.24, 2.45) is 5.73 Å². The van der Waals surface area contributed by atoms with Gasteiger partial charge in [0.25, 0.3) is 17.4 Å². The minimum absolute atomic E-state index is 0.0369. The lowest BCUT2D eigenvalue weighted by molar-refractivity contribution is -0.165. The van der Waals surface area contributed by atoms with Crippen molar-refractivity contribution in [3.8, 4) is 5.75 Å². The van der Waals surface area contributed by atoms with Gasteiger partial charge in [0, 0.05) is 0 Å². The number of nitrogens with zero attached hydrogens (tertiary/aromatic N) is 2. The Hall–Kier alpha value is -3.65. The molecule has 0 spiro atoms. The van der Waals surface area contributed by atoms with Crippen LogP contribution in [-0.2, 0) is 20.8 Å². The fourth-order valence-corrected chi connectivity index (χ4v) is 3.91. The Morgan fingerprint density at radius 2 is 1.97 bits per heavy atom. The van der Waals surface area contributed by atoms with E-state index in [9.17, 15) is 23.2 Å². The number of rotatable bonds is 8. The molecular formula is C23H21ClF2N4O7. The average molecular weight is 539 g/mol. The Kier molecular flexibility index (Phi) is 7.97. The third-order valence-corrected chi connectivity index (χ3v) is 5.79. The highest BCUT2D eigenvalue weighted by Crippen LogP contribution is 2.27. The first-order valence-corrected chi connectivity index (χ1v) is 11.3. The summed E-state index contributed by atoms with van der Waals surface area (Å²) >= 11 is 5.83. The number of amides is 2. The summed E-state index contributed by atoms with van der Waals surface area (Å²) in [5, 5.41) is 10.5. The number of halogens is 3. The van der Waals surface area contributed by atoms with Crippen LogP contribution in [0.2, 0.25) is 5.02 Å². The summed E-state index contributed by atoms with van der Waals surface area (Å²) in [4.78, 5) is 41.4. The Morgan fingerprint density at radius 1 is 1.22 bits per heavy atom. The van der Waals surface area contributed by atoms with E-state index < -0.39 is 59.5 Å². The molecule has 1 saturated heterocycles. The summed E-state index contributed by atoms with van der Waals surface area (Å²) in [5.41, 5.74) is 4.94. The van der Waals surface area contributed by atoms with Crippen LogP contribution in [-0.4, -0.2) is 65.2 Å². The first-order chi connectivity index (χ1) is 17.7. The van der Waals surface area contributed by atoms with E-state index in [-0.39, 0.29) is 42.3 Å². The largest absolute Gasteiger partial charge is 0.487 e. The molecule has 2 aromatic carbocycles. The number of hydrogen-bond donors (Lipinski definition) is 3. The van der Waals surface area contributed by atoms with Crippen LogP contribution in [0.25, 0.3) is 10.9 Å². The maximum absolute atomic E-state index is 14.8. The number of aromatic nitrogens is 2. The molecule has 0 radical (unpaired) electrons. The summed E-state index contributed by atoms with van der Waals surface area (Å²) < 4.78 is 45.8. The summed E-state index contributed by atoms with van der Waals surface area (Å²) in [7, 11) is 0. The molecule has 2 amide bonds. The van der Waals surface area contributed by atoms with Crippen molar-refractivity contribution in [1.29, 1.82) is 0 Å². The van der Waals surface area contributed by atoms with Crippen LogP contribution < -0.4 is 21.3 Å². The maximum atomic E-state index is 14.8. The molecule has 14 heteroatoms. The number of nitrogens with one attached hydrogen (secondary N) is 1. The molecule has 1 fully saturated rings. The van der Waals surface area contributed by atoms with Gasteiger partial charge in [0.05, 0.1) is 30.3 Å². The van der Waals surface area contributed by atoms with Gasteiger partial charge in [0.15, 0.2) is 17.7 Å². The first kappa shape index (κ1) is 26.4. The maximum Gasteiger partial charge on any atom is 0.284 e. The summed E-state index contributed by atoms with van der Waals surface area (Å²) in [6.07, 6.45) is -1.63. The molecule has 4 N–H and O–H groups in total. The Labute approximate surface area is 212 Å². The zero-order valence-corrected chi connectivity index (χ0v) is 19.8. The van der Waals surface area contributed by atoms with Gasteiger partial charge in [-0.15, -0.1) is 0 Å². The van der Waals surface area contributed by atoms with E-state index in [1.54, 1.807) is 0 Å². The Balaban J connectivity index is 1.64. The summed E-state index contributed by atoms with van der Waals surface area (Å²) in [6.45, 7) is -1.26. The highest BCUT2D eigenvalue weighted by Gasteiger charge is 2.29. The molecule has 0 bridgehead atoms. The highest BCUT2D eigenvalue weighted by molar-refractivity contribution is 6.30. The van der Waals surface area contributed by atoms with Gasteiger partial charge in [0.2, 0.25) is 5.82 Å². The minimum atomic E-state index is -1.01. The number of carbonyl (C=O) groups is 2. The predicted molar refractivity (Wildman–Crippen MR) is 125 cm³/mol. The first-order valence-electron chi connectivity index (χ1n) is 10.9. The van der Waals surface area contributed by atoms with Gasteiger partial charge in [-0.2, -0.15) is 0 Å². The number of benzene rings is 2. The molecule has 3 aromatic rings. The van der Waals surface area contributed by atoms with Crippen LogP contribution in [0.1, 0.15) is 16.2 Å². The number of hydrogen-bond acceptors (Lipinski definition) is 8. The van der Waals surface area contributed by atoms with Crippen LogP contribution in [0.4, 0.5) is 8.78 Å². The fourth-order valence-electron chi connectivity index (χ4n) is 3.71. The summed E-state index contributed by atoms with van der Waals surface area (Å²) in [5.74, 6) is -3.93. The number of aliphatic hydroxyl groups excluding tert-OH is 1. The lowest BCUT2D eigenvalue weighted by Gasteiger charge is -2.28. The zero-order valence-electron chi connectivity index (χ0n) is 19.1. The van der Waals surface area contributed by atoms with Gasteiger partial charge < -0.3 is 30.4 Å². The number of primary amides is 1. The second kappa shape index (κ2) is 11.2. The second-order valence-electron chi connectivity index (χ2n) is 8.00. The molecule has 196 valence electrons. The van der Waals surface area contributed by atoms with Crippen LogP contribution in [0.3, 0.4) is 0 Å². The Bertz CT molecular complexity index is 1410. The van der Waals surface area contributed by atoms with Crippen LogP contribution >= 0.6 is 11.6 Å². The molecule has 0 aliphatic carbocycles. The van der Waals surface area contributed by atoms with E-state index in [2.05, 4.69) is 10.3 Å². The SMILES string of the molecule is NC(=O)c1nc2ccc(F)c(OCC3COC(C(=O)NCO)CO3)c2c(=O)n1Cc1ccc(F)c(Cl)c1. The molecule has 1 aliphatic rings. The molecule has 0 saturated carbocycles. The van der Waals surface area contributed by atoms with Crippen LogP contribution in [0, 0.1) is 11.6 Å². The molecule has 1 aromatic heterocycles. The van der Waals surface area contributed by atoms with Crippen molar-refractivity contribution in [2.45, 2.75) is 18.8 Å². The van der Waals surface area contributed by atoms with Crippen molar-refractivity contribution < 1.29 is 37.7 Å². The van der Waals surface area contributed by atoms with E-state index >= 15 is 0 Å². The van der Waals surface area contributed by atoms with Gasteiger partial charge in [-0.1, -0.05) is 17.7 Å². The molecule has 2 atom stereocenters. The van der Waals surface area contributed by atoms with Gasteiger partial charge >= 0.3 is 0 Å². The Morgan fingerprint density at radius 3 is 2.62 bits per heavy atom. The number of fused-ring (bicyclic) bond motifs is 1. The van der Waals surface area contributed by atoms with Gasteiger partial charge in [-0.05, 0) is 29.8 Å². The molecule has 4 rings (SSSR count). The van der Waals surface area contributed by atoms with Crippen molar-refractivity contribution in [3.63, 3.8) is 0 Å². The molecule has 1 aliphatic heterocycles. The van der Waals surface area contributed by atoms with E-state index in [0.717, 1.165) is 16.7 Å². The van der Waals surface area contributed by atoms with Crippen molar-refractivity contribution in [3.05, 3.63) is 68.7 Å². The normalized spacial score (nSPS) is 17.5. The topological polar surface area (TPSA) is 155 Å². The lowest BCUT2D eigenvalue weighted by Crippen LogP contribution is -2.47. The minimum Gasteiger partial charge on any atom is -0.487 e. The summed E-state index contributed by atoms with van der Waals surface area (Å²) in [6, 6.07) is 5.96. The molecular weight excluding hydrogens is 518 g/mol. The third-order valence-electron chi connectivity index (χ3n) is 5.50. The average Bonchev–Trinajstić information content (AvgIpc) is 2.87. The van der Waals surface area contributed by atoms with Gasteiger partial charge in [-0.25, -0.2) is 13.8 Å². The highest BCUT2D eigenvalue weighted by atomic mass is 35.5. The van der Waals surface area contributed by atoms with E-state index in [4.69, 9.17) is 36.7 Å².